The highest BCUT2D eigenvalue weighted by Gasteiger charge is 2.18. The molecule has 130 valence electrons. The van der Waals surface area contributed by atoms with Crippen LogP contribution in [0.3, 0.4) is 0 Å². The van der Waals surface area contributed by atoms with Gasteiger partial charge in [-0.1, -0.05) is 0 Å². The first-order valence-corrected chi connectivity index (χ1v) is 9.42. The molecule has 1 N–H and O–H groups in total. The summed E-state index contributed by atoms with van der Waals surface area (Å²) in [6.45, 7) is 3.66. The van der Waals surface area contributed by atoms with Crippen molar-refractivity contribution in [3.8, 4) is 5.75 Å². The quantitative estimate of drug-likeness (QED) is 0.802. The van der Waals surface area contributed by atoms with Gasteiger partial charge in [-0.3, -0.25) is 4.90 Å². The van der Waals surface area contributed by atoms with Gasteiger partial charge in [0.25, 0.3) is 0 Å². The zero-order chi connectivity index (χ0) is 16.9. The molecule has 1 aromatic rings. The fraction of sp³-hybridized carbons (Fsp3) is 0.625. The second-order valence-electron chi connectivity index (χ2n) is 6.04. The molecule has 1 saturated heterocycles. The Hall–Kier alpha value is -1.15. The number of nitrogens with zero attached hydrogens (tertiary/aromatic N) is 2. The molecule has 0 amide bonds. The molecule has 0 bridgehead atoms. The molecule has 1 atom stereocenters. The Morgan fingerprint density at radius 3 is 2.61 bits per heavy atom. The highest BCUT2D eigenvalue weighted by atomic mass is 32.2. The highest BCUT2D eigenvalue weighted by molar-refractivity contribution is 7.89. The minimum absolute atomic E-state index is 0.280. The van der Waals surface area contributed by atoms with E-state index in [0.717, 1.165) is 19.6 Å². The lowest BCUT2D eigenvalue weighted by atomic mass is 10.1. The van der Waals surface area contributed by atoms with Crippen LogP contribution in [0.4, 0.5) is 0 Å². The van der Waals surface area contributed by atoms with E-state index in [9.17, 15) is 8.42 Å². The van der Waals surface area contributed by atoms with Crippen LogP contribution >= 0.6 is 0 Å². The summed E-state index contributed by atoms with van der Waals surface area (Å²) in [5, 5.41) is 3.33. The zero-order valence-electron chi connectivity index (χ0n) is 14.2. The van der Waals surface area contributed by atoms with Gasteiger partial charge in [-0.2, -0.15) is 0 Å². The van der Waals surface area contributed by atoms with Crippen molar-refractivity contribution in [3.05, 3.63) is 24.3 Å². The van der Waals surface area contributed by atoms with Crippen LogP contribution in [-0.4, -0.2) is 71.0 Å². The number of likely N-dealkylation sites (tertiary alicyclic amines) is 1. The van der Waals surface area contributed by atoms with E-state index in [1.54, 1.807) is 24.3 Å². The lowest BCUT2D eigenvalue weighted by molar-refractivity contribution is 0.162. The summed E-state index contributed by atoms with van der Waals surface area (Å²) in [6.07, 6.45) is 2.44. The Kier molecular flexibility index (Phi) is 6.41. The van der Waals surface area contributed by atoms with E-state index in [1.165, 1.54) is 31.2 Å². The van der Waals surface area contributed by atoms with E-state index in [1.807, 2.05) is 7.05 Å². The molecule has 2 rings (SSSR count). The van der Waals surface area contributed by atoms with E-state index in [-0.39, 0.29) is 4.90 Å². The van der Waals surface area contributed by atoms with Crippen molar-refractivity contribution in [2.24, 2.45) is 0 Å². The molecule has 23 heavy (non-hydrogen) atoms. The van der Waals surface area contributed by atoms with Crippen molar-refractivity contribution >= 4 is 10.0 Å². The van der Waals surface area contributed by atoms with Crippen LogP contribution in [0.2, 0.25) is 0 Å². The second-order valence-corrected chi connectivity index (χ2v) is 8.19. The number of nitrogens with one attached hydrogen (secondary N) is 1. The number of likely N-dealkylation sites (N-methyl/N-ethyl adjacent to an activating group) is 1. The van der Waals surface area contributed by atoms with E-state index in [0.29, 0.717) is 18.4 Å². The maximum Gasteiger partial charge on any atom is 0.242 e. The van der Waals surface area contributed by atoms with Crippen molar-refractivity contribution in [3.63, 3.8) is 0 Å². The third-order valence-electron chi connectivity index (χ3n) is 4.19. The molecule has 0 radical (unpaired) electrons. The molecule has 6 nitrogen and oxygen atoms in total. The van der Waals surface area contributed by atoms with Crippen LogP contribution in [0.5, 0.6) is 5.75 Å². The van der Waals surface area contributed by atoms with Crippen LogP contribution in [0, 0.1) is 0 Å². The first-order valence-electron chi connectivity index (χ1n) is 7.98. The van der Waals surface area contributed by atoms with Crippen LogP contribution in [0.25, 0.3) is 0 Å². The topological polar surface area (TPSA) is 61.9 Å². The third-order valence-corrected chi connectivity index (χ3v) is 6.02. The molecule has 0 spiro atoms. The molecular formula is C16H27N3O3S. The molecule has 0 saturated carbocycles. The van der Waals surface area contributed by atoms with Crippen LogP contribution in [-0.2, 0) is 10.0 Å². The Morgan fingerprint density at radius 2 is 2.00 bits per heavy atom. The van der Waals surface area contributed by atoms with E-state index in [2.05, 4.69) is 10.2 Å². The van der Waals surface area contributed by atoms with Crippen molar-refractivity contribution in [2.45, 2.75) is 23.8 Å². The van der Waals surface area contributed by atoms with E-state index < -0.39 is 10.0 Å². The average molecular weight is 341 g/mol. The number of sulfonamides is 1. The Bertz CT molecular complexity index is 587. The fourth-order valence-corrected chi connectivity index (χ4v) is 3.61. The van der Waals surface area contributed by atoms with Gasteiger partial charge >= 0.3 is 0 Å². The molecule has 0 aliphatic carbocycles. The standard InChI is InChI=1S/C16H27N3O3S/c1-17-14-5-4-10-19(13-14)11-12-22-15-6-8-16(9-7-15)23(20,21)18(2)3/h6-9,14,17H,4-5,10-13H2,1-3H3. The lowest BCUT2D eigenvalue weighted by Gasteiger charge is -2.32. The van der Waals surface area contributed by atoms with E-state index in [4.69, 9.17) is 4.74 Å². The molecule has 1 heterocycles. The Morgan fingerprint density at radius 1 is 1.30 bits per heavy atom. The molecule has 7 heteroatoms. The van der Waals surface area contributed by atoms with Gasteiger partial charge in [0, 0.05) is 33.2 Å². The maximum atomic E-state index is 12.0. The molecular weight excluding hydrogens is 314 g/mol. The van der Waals surface area contributed by atoms with Crippen LogP contribution in [0.1, 0.15) is 12.8 Å². The molecule has 0 aromatic heterocycles. The summed E-state index contributed by atoms with van der Waals surface area (Å²) in [6, 6.07) is 7.16. The Labute approximate surface area is 139 Å². The minimum Gasteiger partial charge on any atom is -0.492 e. The summed E-state index contributed by atoms with van der Waals surface area (Å²) in [5.41, 5.74) is 0. The molecule has 1 aromatic carbocycles. The number of hydrogen-bond donors (Lipinski definition) is 1. The number of benzene rings is 1. The number of rotatable bonds is 7. The smallest absolute Gasteiger partial charge is 0.242 e. The molecule has 1 fully saturated rings. The number of piperidine rings is 1. The summed E-state index contributed by atoms with van der Waals surface area (Å²) in [7, 11) is 1.68. The van der Waals surface area contributed by atoms with Gasteiger partial charge in [0.2, 0.25) is 10.0 Å². The van der Waals surface area contributed by atoms with Crippen molar-refractivity contribution < 1.29 is 13.2 Å². The molecule has 1 aliphatic rings. The zero-order valence-corrected chi connectivity index (χ0v) is 15.0. The largest absolute Gasteiger partial charge is 0.492 e. The SMILES string of the molecule is CNC1CCCN(CCOc2ccc(S(=O)(=O)N(C)C)cc2)C1. The monoisotopic (exact) mass is 341 g/mol. The van der Waals surface area contributed by atoms with Crippen molar-refractivity contribution in [2.75, 3.05) is 47.4 Å². The van der Waals surface area contributed by atoms with Gasteiger partial charge in [0.1, 0.15) is 12.4 Å². The highest BCUT2D eigenvalue weighted by Crippen LogP contribution is 2.18. The van der Waals surface area contributed by atoms with Crippen LogP contribution in [0.15, 0.2) is 29.2 Å². The average Bonchev–Trinajstić information content (AvgIpc) is 2.55. The summed E-state index contributed by atoms with van der Waals surface area (Å²) >= 11 is 0. The predicted octanol–water partition coefficient (Wildman–Crippen LogP) is 1.000. The van der Waals surface area contributed by atoms with Gasteiger partial charge in [0.05, 0.1) is 4.90 Å². The minimum atomic E-state index is -3.38. The lowest BCUT2D eigenvalue weighted by Crippen LogP contribution is -2.45. The first kappa shape index (κ1) is 18.2. The third kappa shape index (κ3) is 4.91. The summed E-state index contributed by atoms with van der Waals surface area (Å²) < 4.78 is 30.9. The number of hydrogen-bond acceptors (Lipinski definition) is 5. The van der Waals surface area contributed by atoms with Gasteiger partial charge in [-0.05, 0) is 50.7 Å². The maximum absolute atomic E-state index is 12.0. The normalized spacial score (nSPS) is 19.9. The Balaban J connectivity index is 1.83. The molecule has 1 unspecified atom stereocenters. The van der Waals surface area contributed by atoms with Crippen LogP contribution < -0.4 is 10.1 Å². The predicted molar refractivity (Wildman–Crippen MR) is 91.3 cm³/mol. The van der Waals surface area contributed by atoms with Crippen molar-refractivity contribution in [1.82, 2.24) is 14.5 Å². The number of ether oxygens (including phenoxy) is 1. The summed E-state index contributed by atoms with van der Waals surface area (Å²) in [4.78, 5) is 2.68. The van der Waals surface area contributed by atoms with Gasteiger partial charge in [0.15, 0.2) is 0 Å². The fourth-order valence-electron chi connectivity index (χ4n) is 2.71. The van der Waals surface area contributed by atoms with Crippen molar-refractivity contribution in [1.29, 1.82) is 0 Å². The second kappa shape index (κ2) is 8.10. The van der Waals surface area contributed by atoms with Gasteiger partial charge in [-0.15, -0.1) is 0 Å². The van der Waals surface area contributed by atoms with E-state index >= 15 is 0 Å². The molecule has 1 aliphatic heterocycles. The van der Waals surface area contributed by atoms with Gasteiger partial charge in [-0.25, -0.2) is 12.7 Å². The first-order chi connectivity index (χ1) is 10.9. The van der Waals surface area contributed by atoms with Gasteiger partial charge < -0.3 is 10.1 Å². The summed E-state index contributed by atoms with van der Waals surface area (Å²) in [5.74, 6) is 0.699.